The number of esters is 1. The zero-order chi connectivity index (χ0) is 13.3. The van der Waals surface area contributed by atoms with Gasteiger partial charge >= 0.3 is 5.97 Å². The first-order valence-corrected chi connectivity index (χ1v) is 5.29. The van der Waals surface area contributed by atoms with Crippen LogP contribution in [-0.2, 0) is 28.5 Å². The van der Waals surface area contributed by atoms with Crippen molar-refractivity contribution in [3.8, 4) is 0 Å². The minimum absolute atomic E-state index is 0.257. The van der Waals surface area contributed by atoms with E-state index in [2.05, 4.69) is 4.74 Å². The Balaban J connectivity index is 4.48. The minimum Gasteiger partial charge on any atom is -0.467 e. The molecule has 0 aliphatic carbocycles. The highest BCUT2D eigenvalue weighted by Gasteiger charge is 2.29. The van der Waals surface area contributed by atoms with Crippen molar-refractivity contribution in [2.45, 2.75) is 24.7 Å². The Morgan fingerprint density at radius 1 is 0.941 bits per heavy atom. The molecule has 17 heavy (non-hydrogen) atoms. The third kappa shape index (κ3) is 5.45. The van der Waals surface area contributed by atoms with Gasteiger partial charge in [-0.15, -0.1) is 0 Å². The fraction of sp³-hybridized carbons (Fsp3) is 0.909. The lowest BCUT2D eigenvalue weighted by molar-refractivity contribution is -0.157. The van der Waals surface area contributed by atoms with Gasteiger partial charge in [0.1, 0.15) is 6.10 Å². The Kier molecular flexibility index (Phi) is 8.97. The highest BCUT2D eigenvalue weighted by molar-refractivity contribution is 5.74. The molecule has 0 aliphatic heterocycles. The number of rotatable bonds is 9. The molecule has 0 saturated heterocycles. The van der Waals surface area contributed by atoms with E-state index < -0.39 is 12.1 Å². The predicted molar refractivity (Wildman–Crippen MR) is 60.9 cm³/mol. The van der Waals surface area contributed by atoms with E-state index >= 15 is 0 Å². The fourth-order valence-corrected chi connectivity index (χ4v) is 1.52. The Morgan fingerprint density at radius 2 is 1.53 bits per heavy atom. The molecular weight excluding hydrogens is 228 g/mol. The molecule has 3 atom stereocenters. The lowest BCUT2D eigenvalue weighted by Gasteiger charge is -2.26. The van der Waals surface area contributed by atoms with E-state index in [9.17, 15) is 4.79 Å². The molecule has 0 aromatic rings. The number of carbonyl (C=O) groups excluding carboxylic acids is 1. The van der Waals surface area contributed by atoms with E-state index in [1.54, 1.807) is 21.3 Å². The molecule has 0 aromatic carbocycles. The van der Waals surface area contributed by atoms with Crippen LogP contribution >= 0.6 is 0 Å². The molecule has 6 heteroatoms. The number of methoxy groups -OCH3 is 5. The van der Waals surface area contributed by atoms with Crippen LogP contribution in [0, 0.1) is 0 Å². The van der Waals surface area contributed by atoms with Crippen molar-refractivity contribution in [3.05, 3.63) is 0 Å². The normalized spacial score (nSPS) is 16.3. The Morgan fingerprint density at radius 3 is 1.88 bits per heavy atom. The van der Waals surface area contributed by atoms with Crippen molar-refractivity contribution in [1.29, 1.82) is 0 Å². The van der Waals surface area contributed by atoms with Gasteiger partial charge in [-0.2, -0.15) is 0 Å². The highest BCUT2D eigenvalue weighted by Crippen LogP contribution is 2.13. The summed E-state index contributed by atoms with van der Waals surface area (Å²) in [6.07, 6.45) is -0.877. The summed E-state index contributed by atoms with van der Waals surface area (Å²) >= 11 is 0. The second-order valence-corrected chi connectivity index (χ2v) is 3.49. The van der Waals surface area contributed by atoms with Crippen LogP contribution < -0.4 is 0 Å². The van der Waals surface area contributed by atoms with E-state index in [-0.39, 0.29) is 12.2 Å². The average Bonchev–Trinajstić information content (AvgIpc) is 2.37. The summed E-state index contributed by atoms with van der Waals surface area (Å²) in [5.41, 5.74) is 0. The molecule has 0 bridgehead atoms. The monoisotopic (exact) mass is 250 g/mol. The molecule has 0 aliphatic rings. The summed E-state index contributed by atoms with van der Waals surface area (Å²) in [5, 5.41) is 0. The average molecular weight is 250 g/mol. The molecule has 102 valence electrons. The Bertz CT molecular complexity index is 208. The van der Waals surface area contributed by atoms with E-state index in [1.165, 1.54) is 14.2 Å². The topological polar surface area (TPSA) is 63.2 Å². The number of ether oxygens (including phenoxy) is 5. The molecule has 0 N–H and O–H groups in total. The number of carbonyl (C=O) groups is 1. The summed E-state index contributed by atoms with van der Waals surface area (Å²) < 4.78 is 25.2. The molecule has 0 unspecified atom stereocenters. The third-order valence-corrected chi connectivity index (χ3v) is 2.55. The zero-order valence-electron chi connectivity index (χ0n) is 11.1. The van der Waals surface area contributed by atoms with Crippen LogP contribution in [0.2, 0.25) is 0 Å². The van der Waals surface area contributed by atoms with Gasteiger partial charge in [0.2, 0.25) is 0 Å². The molecule has 0 saturated carbocycles. The van der Waals surface area contributed by atoms with Crippen LogP contribution in [0.1, 0.15) is 6.42 Å². The quantitative estimate of drug-likeness (QED) is 0.546. The van der Waals surface area contributed by atoms with Gasteiger partial charge in [-0.05, 0) is 0 Å². The smallest absolute Gasteiger partial charge is 0.335 e. The van der Waals surface area contributed by atoms with Gasteiger partial charge in [-0.25, -0.2) is 4.79 Å². The van der Waals surface area contributed by atoms with Gasteiger partial charge in [0.25, 0.3) is 0 Å². The van der Waals surface area contributed by atoms with E-state index in [0.717, 1.165) is 0 Å². The molecule has 0 fully saturated rings. The minimum atomic E-state index is -0.667. The van der Waals surface area contributed by atoms with E-state index in [1.807, 2.05) is 0 Å². The van der Waals surface area contributed by atoms with Crippen LogP contribution in [0.4, 0.5) is 0 Å². The summed E-state index contributed by atoms with van der Waals surface area (Å²) in [6.45, 7) is 0.382. The van der Waals surface area contributed by atoms with Gasteiger partial charge in [0, 0.05) is 34.9 Å². The van der Waals surface area contributed by atoms with Crippen LogP contribution in [0.5, 0.6) is 0 Å². The first-order valence-electron chi connectivity index (χ1n) is 5.29. The first kappa shape index (κ1) is 16.3. The van der Waals surface area contributed by atoms with Gasteiger partial charge in [-0.3, -0.25) is 0 Å². The molecule has 0 aromatic heterocycles. The second-order valence-electron chi connectivity index (χ2n) is 3.49. The van der Waals surface area contributed by atoms with Crippen LogP contribution in [0.25, 0.3) is 0 Å². The SMILES string of the molecule is COC[C@@H](OC)[C@H](C[C@@H](OC)C(=O)OC)OC. The molecule has 0 amide bonds. The fourth-order valence-electron chi connectivity index (χ4n) is 1.52. The molecular formula is C11H22O6. The zero-order valence-corrected chi connectivity index (χ0v) is 11.1. The highest BCUT2D eigenvalue weighted by atomic mass is 16.6. The number of hydrogen-bond donors (Lipinski definition) is 0. The van der Waals surface area contributed by atoms with Crippen molar-refractivity contribution in [3.63, 3.8) is 0 Å². The predicted octanol–water partition coefficient (Wildman–Crippen LogP) is 0.241. The molecule has 0 radical (unpaired) electrons. The van der Waals surface area contributed by atoms with Gasteiger partial charge in [0.05, 0.1) is 19.8 Å². The maximum absolute atomic E-state index is 11.4. The van der Waals surface area contributed by atoms with Crippen molar-refractivity contribution < 1.29 is 28.5 Å². The van der Waals surface area contributed by atoms with E-state index in [4.69, 9.17) is 18.9 Å². The second kappa shape index (κ2) is 9.35. The van der Waals surface area contributed by atoms with Crippen molar-refractivity contribution in [2.75, 3.05) is 42.2 Å². The summed E-state index contributed by atoms with van der Waals surface area (Å²) in [7, 11) is 7.46. The van der Waals surface area contributed by atoms with Gasteiger partial charge in [-0.1, -0.05) is 0 Å². The largest absolute Gasteiger partial charge is 0.467 e. The standard InChI is InChI=1S/C11H22O6/c1-13-7-10(16-4)8(14-2)6-9(15-3)11(12)17-5/h8-10H,6-7H2,1-5H3/t8-,9+,10+/m0/s1. The third-order valence-electron chi connectivity index (χ3n) is 2.55. The summed E-state index contributed by atoms with van der Waals surface area (Å²) in [5.74, 6) is -0.429. The Labute approximate surface area is 102 Å². The molecule has 0 spiro atoms. The molecule has 0 heterocycles. The first-order chi connectivity index (χ1) is 8.14. The van der Waals surface area contributed by atoms with E-state index in [0.29, 0.717) is 13.0 Å². The van der Waals surface area contributed by atoms with Crippen LogP contribution in [0.15, 0.2) is 0 Å². The summed E-state index contributed by atoms with van der Waals surface area (Å²) in [4.78, 5) is 11.4. The van der Waals surface area contributed by atoms with Gasteiger partial charge < -0.3 is 23.7 Å². The maximum Gasteiger partial charge on any atom is 0.335 e. The Hall–Kier alpha value is -0.690. The van der Waals surface area contributed by atoms with Crippen molar-refractivity contribution in [2.24, 2.45) is 0 Å². The number of hydrogen-bond acceptors (Lipinski definition) is 6. The molecule has 6 nitrogen and oxygen atoms in total. The van der Waals surface area contributed by atoms with Gasteiger partial charge in [0.15, 0.2) is 6.10 Å². The maximum atomic E-state index is 11.4. The lowest BCUT2D eigenvalue weighted by Crippen LogP contribution is -2.39. The molecule has 0 rings (SSSR count). The van der Waals surface area contributed by atoms with Crippen molar-refractivity contribution in [1.82, 2.24) is 0 Å². The summed E-state index contributed by atoms with van der Waals surface area (Å²) in [6, 6.07) is 0. The van der Waals surface area contributed by atoms with Crippen LogP contribution in [-0.4, -0.2) is 66.4 Å². The lowest BCUT2D eigenvalue weighted by atomic mass is 10.1. The van der Waals surface area contributed by atoms with Crippen molar-refractivity contribution >= 4 is 5.97 Å². The van der Waals surface area contributed by atoms with Crippen LogP contribution in [0.3, 0.4) is 0 Å².